The minimum atomic E-state index is -1.05. The van der Waals surface area contributed by atoms with E-state index in [1.54, 1.807) is 19.1 Å². The van der Waals surface area contributed by atoms with Crippen LogP contribution >= 0.6 is 22.6 Å². The molecule has 2 N–H and O–H groups in total. The van der Waals surface area contributed by atoms with Crippen molar-refractivity contribution in [2.75, 3.05) is 0 Å². The molecule has 3 nitrogen and oxygen atoms in total. The van der Waals surface area contributed by atoms with Crippen molar-refractivity contribution in [1.82, 2.24) is 0 Å². The van der Waals surface area contributed by atoms with Gasteiger partial charge in [0.05, 0.1) is 15.6 Å². The summed E-state index contributed by atoms with van der Waals surface area (Å²) < 4.78 is -0.208. The van der Waals surface area contributed by atoms with E-state index in [2.05, 4.69) is 22.6 Å². The lowest BCUT2D eigenvalue weighted by Crippen LogP contribution is -2.59. The molecule has 1 aliphatic rings. The molecule has 1 rings (SSSR count). The molecule has 1 saturated carbocycles. The Morgan fingerprint density at radius 3 is 2.53 bits per heavy atom. The monoisotopic (exact) mass is 352 g/mol. The number of carbonyl (C=O) groups excluding carboxylic acids is 1. The van der Waals surface area contributed by atoms with Gasteiger partial charge in [-0.05, 0) is 12.8 Å². The second-order valence-corrected chi connectivity index (χ2v) is 6.83. The Morgan fingerprint density at radius 1 is 1.53 bits per heavy atom. The molecule has 0 radical (unpaired) electrons. The molecule has 0 spiro atoms. The van der Waals surface area contributed by atoms with Gasteiger partial charge in [0.1, 0.15) is 5.78 Å². The van der Waals surface area contributed by atoms with Gasteiger partial charge in [-0.15, -0.1) is 0 Å². The Kier molecular flexibility index (Phi) is 4.42. The summed E-state index contributed by atoms with van der Waals surface area (Å²) in [7, 11) is 0. The van der Waals surface area contributed by atoms with Gasteiger partial charge in [-0.1, -0.05) is 55.5 Å². The van der Waals surface area contributed by atoms with Crippen molar-refractivity contribution in [1.29, 1.82) is 0 Å². The van der Waals surface area contributed by atoms with Crippen molar-refractivity contribution in [3.05, 3.63) is 12.2 Å². The van der Waals surface area contributed by atoms with Gasteiger partial charge in [-0.3, -0.25) is 4.79 Å². The zero-order valence-corrected chi connectivity index (χ0v) is 12.9. The zero-order chi connectivity index (χ0) is 13.4. The lowest BCUT2D eigenvalue weighted by Gasteiger charge is -2.51. The highest BCUT2D eigenvalue weighted by atomic mass is 127. The van der Waals surface area contributed by atoms with E-state index in [-0.39, 0.29) is 15.6 Å². The third-order valence-corrected chi connectivity index (χ3v) is 6.09. The maximum atomic E-state index is 11.9. The van der Waals surface area contributed by atoms with E-state index in [0.29, 0.717) is 6.42 Å². The molecule has 4 atom stereocenters. The first-order valence-electron chi connectivity index (χ1n) is 5.89. The van der Waals surface area contributed by atoms with Crippen molar-refractivity contribution >= 4 is 28.4 Å². The molecule has 0 aliphatic heterocycles. The molecule has 98 valence electrons. The quantitative estimate of drug-likeness (QED) is 0.455. The van der Waals surface area contributed by atoms with Gasteiger partial charge in [0.25, 0.3) is 0 Å². The van der Waals surface area contributed by atoms with Gasteiger partial charge < -0.3 is 10.2 Å². The summed E-state index contributed by atoms with van der Waals surface area (Å²) in [4.78, 5) is 11.9. The Morgan fingerprint density at radius 2 is 2.06 bits per heavy atom. The van der Waals surface area contributed by atoms with Crippen LogP contribution in [0.25, 0.3) is 0 Å². The zero-order valence-electron chi connectivity index (χ0n) is 10.8. The van der Waals surface area contributed by atoms with Crippen LogP contribution in [0.15, 0.2) is 12.2 Å². The average Bonchev–Trinajstić information content (AvgIpc) is 2.22. The highest BCUT2D eigenvalue weighted by Crippen LogP contribution is 2.49. The van der Waals surface area contributed by atoms with Crippen molar-refractivity contribution in [2.24, 2.45) is 11.3 Å². The van der Waals surface area contributed by atoms with Gasteiger partial charge in [-0.2, -0.15) is 0 Å². The van der Waals surface area contributed by atoms with E-state index >= 15 is 0 Å². The molecule has 1 aliphatic carbocycles. The van der Waals surface area contributed by atoms with Gasteiger partial charge in [0.2, 0.25) is 0 Å². The molecule has 17 heavy (non-hydrogen) atoms. The minimum Gasteiger partial charge on any atom is -0.389 e. The second-order valence-electron chi connectivity index (χ2n) is 5.58. The Hall–Kier alpha value is 0.0600. The average molecular weight is 352 g/mol. The molecule has 0 heterocycles. The largest absolute Gasteiger partial charge is 0.389 e. The summed E-state index contributed by atoms with van der Waals surface area (Å²) >= 11 is 2.11. The molecule has 0 bridgehead atoms. The summed E-state index contributed by atoms with van der Waals surface area (Å²) in [6.45, 7) is 7.34. The predicted octanol–water partition coefficient (Wildman–Crippen LogP) is 2.09. The fraction of sp³-hybridized carbons (Fsp3) is 0.769. The summed E-state index contributed by atoms with van der Waals surface area (Å²) in [5.41, 5.74) is -1.59. The number of rotatable bonds is 2. The Bertz CT molecular complexity index is 336. The standard InChI is InChI=1S/C13H21IO3/c1-8-7-10(16)11(14)12(3,4)13(8,17)6-5-9(2)15/h5-6,8-9,11,15,17H,7H2,1-4H3/t8-,9-,11?,13-/m1/s1. The van der Waals surface area contributed by atoms with Crippen LogP contribution < -0.4 is 0 Å². The second kappa shape index (κ2) is 4.97. The summed E-state index contributed by atoms with van der Waals surface area (Å²) in [5, 5.41) is 20.2. The lowest BCUT2D eigenvalue weighted by molar-refractivity contribution is -0.139. The molecular formula is C13H21IO3. The number of ketones is 1. The van der Waals surface area contributed by atoms with Crippen LogP contribution in [0.2, 0.25) is 0 Å². The summed E-state index contributed by atoms with van der Waals surface area (Å²) in [6, 6.07) is 0. The van der Waals surface area contributed by atoms with E-state index in [1.165, 1.54) is 0 Å². The van der Waals surface area contributed by atoms with Crippen LogP contribution in [-0.4, -0.2) is 31.6 Å². The first-order chi connectivity index (χ1) is 7.63. The number of hydrogen-bond donors (Lipinski definition) is 2. The van der Waals surface area contributed by atoms with Gasteiger partial charge >= 0.3 is 0 Å². The molecule has 0 saturated heterocycles. The van der Waals surface area contributed by atoms with Crippen LogP contribution in [0, 0.1) is 11.3 Å². The number of Topliss-reactive ketones (excluding diaryl/α,β-unsaturated/α-hetero) is 1. The van der Waals surface area contributed by atoms with E-state index in [9.17, 15) is 15.0 Å². The first-order valence-corrected chi connectivity index (χ1v) is 7.14. The van der Waals surface area contributed by atoms with Crippen molar-refractivity contribution in [3.63, 3.8) is 0 Å². The summed E-state index contributed by atoms with van der Waals surface area (Å²) in [5.74, 6) is 0.0595. The molecular weight excluding hydrogens is 331 g/mol. The molecule has 1 unspecified atom stereocenters. The number of hydrogen-bond acceptors (Lipinski definition) is 3. The highest BCUT2D eigenvalue weighted by molar-refractivity contribution is 14.1. The topological polar surface area (TPSA) is 57.5 Å². The van der Waals surface area contributed by atoms with E-state index < -0.39 is 17.1 Å². The van der Waals surface area contributed by atoms with Crippen LogP contribution in [0.1, 0.15) is 34.1 Å². The first kappa shape index (κ1) is 15.1. The number of halogens is 1. The summed E-state index contributed by atoms with van der Waals surface area (Å²) in [6.07, 6.45) is 3.06. The molecule has 1 fully saturated rings. The lowest BCUT2D eigenvalue weighted by atomic mass is 9.60. The van der Waals surface area contributed by atoms with E-state index in [0.717, 1.165) is 0 Å². The third kappa shape index (κ3) is 2.58. The minimum absolute atomic E-state index is 0.133. The molecule has 0 amide bonds. The smallest absolute Gasteiger partial charge is 0.146 e. The number of aliphatic hydroxyl groups is 2. The molecule has 4 heteroatoms. The number of aliphatic hydroxyl groups excluding tert-OH is 1. The predicted molar refractivity (Wildman–Crippen MR) is 76.1 cm³/mol. The van der Waals surface area contributed by atoms with Crippen LogP contribution in [0.3, 0.4) is 0 Å². The molecule has 0 aromatic carbocycles. The van der Waals surface area contributed by atoms with Crippen molar-refractivity contribution < 1.29 is 15.0 Å². The SMILES string of the molecule is C[C@@H]1CC(=O)C(I)C(C)(C)[C@@]1(O)C=C[C@@H](C)O. The van der Waals surface area contributed by atoms with Crippen LogP contribution in [0.5, 0.6) is 0 Å². The number of carbonyl (C=O) groups is 1. The normalized spacial score (nSPS) is 39.6. The fourth-order valence-electron chi connectivity index (χ4n) is 2.47. The Labute approximate surface area is 116 Å². The highest BCUT2D eigenvalue weighted by Gasteiger charge is 2.55. The number of alkyl halides is 1. The van der Waals surface area contributed by atoms with Crippen LogP contribution in [0.4, 0.5) is 0 Å². The third-order valence-electron chi connectivity index (χ3n) is 3.84. The maximum absolute atomic E-state index is 11.9. The van der Waals surface area contributed by atoms with E-state index in [1.807, 2.05) is 20.8 Å². The van der Waals surface area contributed by atoms with Crippen molar-refractivity contribution in [3.8, 4) is 0 Å². The molecule has 0 aromatic rings. The van der Waals surface area contributed by atoms with Crippen molar-refractivity contribution in [2.45, 2.75) is 49.7 Å². The van der Waals surface area contributed by atoms with Gasteiger partial charge in [0, 0.05) is 11.8 Å². The maximum Gasteiger partial charge on any atom is 0.146 e. The van der Waals surface area contributed by atoms with Crippen LogP contribution in [-0.2, 0) is 4.79 Å². The van der Waals surface area contributed by atoms with Gasteiger partial charge in [-0.25, -0.2) is 0 Å². The fourth-order valence-corrected chi connectivity index (χ4v) is 3.22. The van der Waals surface area contributed by atoms with Gasteiger partial charge in [0.15, 0.2) is 0 Å². The molecule has 0 aromatic heterocycles. The Balaban J connectivity index is 3.14. The van der Waals surface area contributed by atoms with E-state index in [4.69, 9.17) is 0 Å².